The molecule has 0 saturated carbocycles. The van der Waals surface area contributed by atoms with E-state index in [1.54, 1.807) is 31.2 Å². The SMILES string of the molecule is CC(C)CNC(=O)OCc1ccccc1[C@@H](C)N(c1cc(F)ccc1F)S(=O)(=O)c1ccc(Cl)cc1. The molecule has 1 amide bonds. The minimum Gasteiger partial charge on any atom is -0.445 e. The molecular weight excluding hydrogens is 510 g/mol. The maximum atomic E-state index is 14.9. The van der Waals surface area contributed by atoms with E-state index in [0.717, 1.165) is 22.5 Å². The van der Waals surface area contributed by atoms with Crippen LogP contribution in [0.1, 0.15) is 37.9 Å². The van der Waals surface area contributed by atoms with Gasteiger partial charge in [0.1, 0.15) is 18.2 Å². The lowest BCUT2D eigenvalue weighted by atomic mass is 10.0. The van der Waals surface area contributed by atoms with Crippen LogP contribution >= 0.6 is 11.6 Å². The Bertz CT molecular complexity index is 1320. The van der Waals surface area contributed by atoms with Crippen molar-refractivity contribution < 1.29 is 26.7 Å². The number of halogens is 3. The number of ether oxygens (including phenoxy) is 1. The van der Waals surface area contributed by atoms with Crippen molar-refractivity contribution in [3.8, 4) is 0 Å². The van der Waals surface area contributed by atoms with Crippen molar-refractivity contribution in [1.29, 1.82) is 0 Å². The Hall–Kier alpha value is -3.17. The zero-order chi connectivity index (χ0) is 26.5. The number of amides is 1. The van der Waals surface area contributed by atoms with Crippen LogP contribution in [0.15, 0.2) is 71.6 Å². The topological polar surface area (TPSA) is 75.7 Å². The van der Waals surface area contributed by atoms with Crippen LogP contribution < -0.4 is 9.62 Å². The van der Waals surface area contributed by atoms with Crippen molar-refractivity contribution in [3.05, 3.63) is 94.5 Å². The summed E-state index contributed by atoms with van der Waals surface area (Å²) in [5.74, 6) is -1.48. The first kappa shape index (κ1) is 27.4. The van der Waals surface area contributed by atoms with Gasteiger partial charge in [-0.1, -0.05) is 49.7 Å². The first-order valence-electron chi connectivity index (χ1n) is 11.2. The van der Waals surface area contributed by atoms with Crippen molar-refractivity contribution in [2.45, 2.75) is 38.3 Å². The van der Waals surface area contributed by atoms with Gasteiger partial charge < -0.3 is 10.1 Å². The number of alkyl carbamates (subject to hydrolysis) is 1. The van der Waals surface area contributed by atoms with Gasteiger partial charge in [0.25, 0.3) is 10.0 Å². The highest BCUT2D eigenvalue weighted by Crippen LogP contribution is 2.36. The predicted octanol–water partition coefficient (Wildman–Crippen LogP) is 6.46. The summed E-state index contributed by atoms with van der Waals surface area (Å²) in [6.07, 6.45) is -0.618. The fourth-order valence-electron chi connectivity index (χ4n) is 3.60. The molecule has 0 aliphatic heterocycles. The second-order valence-corrected chi connectivity index (χ2v) is 10.8. The van der Waals surface area contributed by atoms with E-state index in [-0.39, 0.29) is 17.4 Å². The number of carbonyl (C=O) groups excluding carboxylic acids is 1. The molecule has 0 saturated heterocycles. The van der Waals surface area contributed by atoms with Gasteiger partial charge in [0.2, 0.25) is 0 Å². The van der Waals surface area contributed by atoms with E-state index in [1.165, 1.54) is 24.3 Å². The van der Waals surface area contributed by atoms with Crippen LogP contribution in [0.4, 0.5) is 19.3 Å². The van der Waals surface area contributed by atoms with E-state index in [0.29, 0.717) is 22.7 Å². The lowest BCUT2D eigenvalue weighted by molar-refractivity contribution is 0.138. The van der Waals surface area contributed by atoms with Crippen LogP contribution in [-0.2, 0) is 21.4 Å². The van der Waals surface area contributed by atoms with Gasteiger partial charge in [0.05, 0.1) is 16.6 Å². The first-order chi connectivity index (χ1) is 17.0. The number of sulfonamides is 1. The number of anilines is 1. The van der Waals surface area contributed by atoms with Gasteiger partial charge in [0, 0.05) is 17.6 Å². The van der Waals surface area contributed by atoms with Crippen molar-refractivity contribution in [3.63, 3.8) is 0 Å². The van der Waals surface area contributed by atoms with E-state index in [2.05, 4.69) is 5.32 Å². The van der Waals surface area contributed by atoms with Crippen molar-refractivity contribution >= 4 is 33.4 Å². The highest BCUT2D eigenvalue weighted by Gasteiger charge is 2.33. The third kappa shape index (κ3) is 6.53. The molecule has 3 aromatic rings. The summed E-state index contributed by atoms with van der Waals surface area (Å²) in [5, 5.41) is 2.97. The summed E-state index contributed by atoms with van der Waals surface area (Å²) in [6.45, 7) is 5.72. The summed E-state index contributed by atoms with van der Waals surface area (Å²) >= 11 is 5.92. The molecule has 0 heterocycles. The van der Waals surface area contributed by atoms with Gasteiger partial charge >= 0.3 is 6.09 Å². The molecule has 1 N–H and O–H groups in total. The molecule has 0 fully saturated rings. The number of nitrogens with zero attached hydrogens (tertiary/aromatic N) is 1. The maximum absolute atomic E-state index is 14.9. The van der Waals surface area contributed by atoms with Crippen molar-refractivity contribution in [2.75, 3.05) is 10.8 Å². The van der Waals surface area contributed by atoms with E-state index in [9.17, 15) is 22.0 Å². The van der Waals surface area contributed by atoms with Crippen LogP contribution in [0.25, 0.3) is 0 Å². The molecule has 0 aliphatic rings. The van der Waals surface area contributed by atoms with Crippen LogP contribution in [0.2, 0.25) is 5.02 Å². The third-order valence-electron chi connectivity index (χ3n) is 5.39. The van der Waals surface area contributed by atoms with Gasteiger partial charge in [-0.2, -0.15) is 0 Å². The molecule has 0 aliphatic carbocycles. The Morgan fingerprint density at radius 3 is 2.36 bits per heavy atom. The van der Waals surface area contributed by atoms with E-state index >= 15 is 0 Å². The zero-order valence-corrected chi connectivity index (χ0v) is 21.6. The molecular formula is C26H27ClF2N2O4S. The molecule has 1 atom stereocenters. The average molecular weight is 537 g/mol. The van der Waals surface area contributed by atoms with Crippen LogP contribution in [0, 0.1) is 17.6 Å². The molecule has 0 spiro atoms. The normalized spacial score (nSPS) is 12.3. The summed E-state index contributed by atoms with van der Waals surface area (Å²) < 4.78 is 62.7. The molecule has 3 rings (SSSR count). The second-order valence-electron chi connectivity index (χ2n) is 8.58. The first-order valence-corrected chi connectivity index (χ1v) is 13.1. The van der Waals surface area contributed by atoms with Gasteiger partial charge in [-0.25, -0.2) is 22.0 Å². The van der Waals surface area contributed by atoms with Gasteiger partial charge in [-0.05, 0) is 60.4 Å². The Balaban J connectivity index is 2.04. The second kappa shape index (κ2) is 11.7. The van der Waals surface area contributed by atoms with Gasteiger partial charge in [-0.3, -0.25) is 4.31 Å². The molecule has 0 aromatic heterocycles. The molecule has 10 heteroatoms. The number of carbonyl (C=O) groups is 1. The smallest absolute Gasteiger partial charge is 0.407 e. The fraction of sp³-hybridized carbons (Fsp3) is 0.269. The number of rotatable bonds is 9. The van der Waals surface area contributed by atoms with E-state index < -0.39 is 39.5 Å². The molecule has 192 valence electrons. The Morgan fingerprint density at radius 2 is 1.69 bits per heavy atom. The Labute approximate surface area is 214 Å². The van der Waals surface area contributed by atoms with Gasteiger partial charge in [0.15, 0.2) is 0 Å². The quantitative estimate of drug-likeness (QED) is 0.340. The lowest BCUT2D eigenvalue weighted by Crippen LogP contribution is -2.35. The number of hydrogen-bond donors (Lipinski definition) is 1. The number of hydrogen-bond acceptors (Lipinski definition) is 4. The Morgan fingerprint density at radius 1 is 1.03 bits per heavy atom. The fourth-order valence-corrected chi connectivity index (χ4v) is 5.36. The molecule has 0 unspecified atom stereocenters. The van der Waals surface area contributed by atoms with E-state index in [4.69, 9.17) is 16.3 Å². The molecule has 3 aromatic carbocycles. The number of benzene rings is 3. The summed E-state index contributed by atoms with van der Waals surface area (Å²) in [7, 11) is -4.38. The average Bonchev–Trinajstić information content (AvgIpc) is 2.84. The molecule has 0 radical (unpaired) electrons. The molecule has 0 bridgehead atoms. The maximum Gasteiger partial charge on any atom is 0.407 e. The van der Waals surface area contributed by atoms with E-state index in [1.807, 2.05) is 13.8 Å². The number of nitrogens with one attached hydrogen (secondary N) is 1. The minimum absolute atomic E-state index is 0.148. The standard InChI is InChI=1S/C26H27ClF2N2O4S/c1-17(2)15-30-26(32)35-16-19-6-4-5-7-23(19)18(3)31(25-14-21(28)10-13-24(25)29)36(33,34)22-11-8-20(27)9-12-22/h4-14,17-18H,15-16H2,1-3H3,(H,30,32)/t18-/m1/s1. The van der Waals surface area contributed by atoms with Gasteiger partial charge in [-0.15, -0.1) is 0 Å². The molecule has 36 heavy (non-hydrogen) atoms. The summed E-state index contributed by atoms with van der Waals surface area (Å²) in [4.78, 5) is 11.9. The minimum atomic E-state index is -4.38. The Kier molecular flexibility index (Phi) is 8.92. The summed E-state index contributed by atoms with van der Waals surface area (Å²) in [6, 6.07) is 13.7. The summed E-state index contributed by atoms with van der Waals surface area (Å²) in [5.41, 5.74) is 0.510. The predicted molar refractivity (Wildman–Crippen MR) is 135 cm³/mol. The highest BCUT2D eigenvalue weighted by molar-refractivity contribution is 7.92. The van der Waals surface area contributed by atoms with Crippen LogP contribution in [0.3, 0.4) is 0 Å². The third-order valence-corrected chi connectivity index (χ3v) is 7.54. The van der Waals surface area contributed by atoms with Crippen molar-refractivity contribution in [2.24, 2.45) is 5.92 Å². The monoisotopic (exact) mass is 536 g/mol. The molecule has 6 nitrogen and oxygen atoms in total. The lowest BCUT2D eigenvalue weighted by Gasteiger charge is -2.32. The van der Waals surface area contributed by atoms with Crippen LogP contribution in [0.5, 0.6) is 0 Å². The largest absolute Gasteiger partial charge is 0.445 e. The van der Waals surface area contributed by atoms with Crippen LogP contribution in [-0.4, -0.2) is 21.1 Å². The zero-order valence-electron chi connectivity index (χ0n) is 20.0. The van der Waals surface area contributed by atoms with Crippen molar-refractivity contribution in [1.82, 2.24) is 5.32 Å². The highest BCUT2D eigenvalue weighted by atomic mass is 35.5.